The van der Waals surface area contributed by atoms with Gasteiger partial charge in [-0.1, -0.05) is 0 Å². The summed E-state index contributed by atoms with van der Waals surface area (Å²) in [7, 11) is 0. The third kappa shape index (κ3) is 24.1. The maximum absolute atomic E-state index is 7.56. The van der Waals surface area contributed by atoms with Gasteiger partial charge in [0.25, 0.3) is 0 Å². The molecule has 0 aromatic carbocycles. The molecule has 0 atom stereocenters. The maximum Gasteiger partial charge on any atom is 0.319 e. The lowest BCUT2D eigenvalue weighted by Gasteiger charge is -2.39. The van der Waals surface area contributed by atoms with Crippen molar-refractivity contribution in [2.24, 2.45) is 0 Å². The second kappa shape index (κ2) is 11.6. The van der Waals surface area contributed by atoms with Gasteiger partial charge in [-0.25, -0.2) is 0 Å². The molecule has 0 aliphatic carbocycles. The molecule has 0 heterocycles. The van der Waals surface area contributed by atoms with Crippen molar-refractivity contribution in [3.63, 3.8) is 0 Å². The molecule has 0 fully saturated rings. The minimum atomic E-state index is -3.81. The molecule has 0 aliphatic rings. The van der Waals surface area contributed by atoms with Crippen molar-refractivity contribution in [3.8, 4) is 0 Å². The lowest BCUT2D eigenvalue weighted by atomic mass is 10.2. The summed E-state index contributed by atoms with van der Waals surface area (Å²) in [5, 5.41) is 0. The van der Waals surface area contributed by atoms with Crippen LogP contribution in [-0.2, 0) is 23.6 Å². The van der Waals surface area contributed by atoms with Crippen LogP contribution in [0.4, 0.5) is 0 Å². The molecule has 20 heavy (non-hydrogen) atoms. The first-order valence-electron chi connectivity index (χ1n) is 6.05. The first kappa shape index (κ1) is 25.9. The molecule has 0 saturated carbocycles. The minimum Gasteiger partial charge on any atom is -0.325 e. The first-order valence-corrected chi connectivity index (χ1v) is 11.4. The van der Waals surface area contributed by atoms with Crippen LogP contribution in [-0.4, -0.2) is 59.5 Å². The van der Waals surface area contributed by atoms with Crippen molar-refractivity contribution in [2.75, 3.05) is 19.6 Å². The standard InChI is InChI=1S/C9H22N.2H3O3PS/c1-6-10(7-2,8-3)9(4)5;2*1-4(2,3)5/h9H,6-8H2,1-5H3;2*(H3,1,2,3,5)/q+1;;. The van der Waals surface area contributed by atoms with Gasteiger partial charge in [0.05, 0.1) is 25.7 Å². The summed E-state index contributed by atoms with van der Waals surface area (Å²) in [6.45, 7) is 7.68. The average molecular weight is 372 g/mol. The molecule has 0 bridgehead atoms. The molecule has 126 valence electrons. The summed E-state index contributed by atoms with van der Waals surface area (Å²) in [6.07, 6.45) is 0. The van der Waals surface area contributed by atoms with E-state index in [0.717, 1.165) is 6.04 Å². The maximum atomic E-state index is 7.56. The molecule has 7 nitrogen and oxygen atoms in total. The fraction of sp³-hybridized carbons (Fsp3) is 1.00. The monoisotopic (exact) mass is 372 g/mol. The molecular weight excluding hydrogens is 344 g/mol. The molecule has 0 rings (SSSR count). The van der Waals surface area contributed by atoms with E-state index < -0.39 is 13.4 Å². The molecule has 0 spiro atoms. The van der Waals surface area contributed by atoms with Crippen molar-refractivity contribution >= 4 is 37.1 Å². The summed E-state index contributed by atoms with van der Waals surface area (Å²) < 4.78 is 1.26. The quantitative estimate of drug-likeness (QED) is 0.314. The Hall–Kier alpha value is 1.02. The summed E-state index contributed by atoms with van der Waals surface area (Å²) >= 11 is 7.21. The zero-order chi connectivity index (χ0) is 17.2. The van der Waals surface area contributed by atoms with E-state index in [4.69, 9.17) is 29.4 Å². The zero-order valence-corrected chi connectivity index (χ0v) is 16.0. The van der Waals surface area contributed by atoms with Crippen molar-refractivity contribution in [1.29, 1.82) is 0 Å². The fourth-order valence-corrected chi connectivity index (χ4v) is 1.77. The highest BCUT2D eigenvalue weighted by Crippen LogP contribution is 2.26. The predicted octanol–water partition coefficient (Wildman–Crippen LogP) is 0.647. The second-order valence-electron chi connectivity index (χ2n) is 4.29. The number of hydrogen-bond acceptors (Lipinski definition) is 2. The number of quaternary nitrogens is 1. The third-order valence-corrected chi connectivity index (χ3v) is 2.98. The highest BCUT2D eigenvalue weighted by Gasteiger charge is 2.24. The van der Waals surface area contributed by atoms with Gasteiger partial charge in [0, 0.05) is 0 Å². The molecule has 0 saturated heterocycles. The van der Waals surface area contributed by atoms with Gasteiger partial charge in [0.2, 0.25) is 0 Å². The van der Waals surface area contributed by atoms with Crippen LogP contribution in [0.2, 0.25) is 0 Å². The van der Waals surface area contributed by atoms with E-state index in [1.165, 1.54) is 24.1 Å². The van der Waals surface area contributed by atoms with Gasteiger partial charge in [-0.2, -0.15) is 0 Å². The first-order chi connectivity index (χ1) is 8.63. The smallest absolute Gasteiger partial charge is 0.319 e. The van der Waals surface area contributed by atoms with Gasteiger partial charge in [-0.3, -0.25) is 0 Å². The highest BCUT2D eigenvalue weighted by molar-refractivity contribution is 8.06. The van der Waals surface area contributed by atoms with Crippen LogP contribution in [0.5, 0.6) is 0 Å². The van der Waals surface area contributed by atoms with E-state index >= 15 is 0 Å². The van der Waals surface area contributed by atoms with E-state index in [1.807, 2.05) is 0 Å². The van der Waals surface area contributed by atoms with Crippen molar-refractivity contribution < 1.29 is 33.8 Å². The lowest BCUT2D eigenvalue weighted by Crippen LogP contribution is -2.52. The zero-order valence-electron chi connectivity index (χ0n) is 12.5. The predicted molar refractivity (Wildman–Crippen MR) is 88.9 cm³/mol. The van der Waals surface area contributed by atoms with Gasteiger partial charge in [-0.05, 0) is 58.2 Å². The Morgan fingerprint density at radius 3 is 0.900 bits per heavy atom. The normalized spacial score (nSPS) is 12.2. The Morgan fingerprint density at radius 2 is 0.900 bits per heavy atom. The van der Waals surface area contributed by atoms with Crippen LogP contribution in [0.1, 0.15) is 34.6 Å². The Bertz CT molecular complexity index is 282. The number of rotatable bonds is 4. The van der Waals surface area contributed by atoms with Crippen LogP contribution in [0, 0.1) is 0 Å². The average Bonchev–Trinajstić information content (AvgIpc) is 2.15. The molecule has 11 heteroatoms. The van der Waals surface area contributed by atoms with Crippen LogP contribution in [0.3, 0.4) is 0 Å². The Kier molecular flexibility index (Phi) is 15.0. The van der Waals surface area contributed by atoms with E-state index in [9.17, 15) is 0 Å². The van der Waals surface area contributed by atoms with E-state index in [0.29, 0.717) is 0 Å². The fourth-order valence-electron chi connectivity index (χ4n) is 1.77. The van der Waals surface area contributed by atoms with Crippen LogP contribution < -0.4 is 0 Å². The number of nitrogens with zero attached hydrogens (tertiary/aromatic N) is 1. The highest BCUT2D eigenvalue weighted by atomic mass is 32.5. The van der Waals surface area contributed by atoms with Gasteiger partial charge in [0.15, 0.2) is 0 Å². The molecule has 0 aliphatic heterocycles. The third-order valence-electron chi connectivity index (χ3n) is 2.98. The van der Waals surface area contributed by atoms with E-state index in [1.54, 1.807) is 0 Å². The van der Waals surface area contributed by atoms with Gasteiger partial charge >= 0.3 is 13.4 Å². The van der Waals surface area contributed by atoms with E-state index in [-0.39, 0.29) is 0 Å². The SMILES string of the molecule is CC[N+](CC)(CC)C(C)C.OP(O)(O)=S.OP(O)(O)=S. The molecule has 0 aromatic rings. The van der Waals surface area contributed by atoms with Crippen molar-refractivity contribution in [3.05, 3.63) is 0 Å². The Morgan fingerprint density at radius 1 is 0.750 bits per heavy atom. The molecule has 6 N–H and O–H groups in total. The topological polar surface area (TPSA) is 121 Å². The van der Waals surface area contributed by atoms with Crippen molar-refractivity contribution in [1.82, 2.24) is 0 Å². The molecule has 0 radical (unpaired) electrons. The Labute approximate surface area is 131 Å². The largest absolute Gasteiger partial charge is 0.325 e. The van der Waals surface area contributed by atoms with Crippen LogP contribution in [0.25, 0.3) is 0 Å². The summed E-state index contributed by atoms with van der Waals surface area (Å²) in [5.41, 5.74) is 0. The van der Waals surface area contributed by atoms with Crippen molar-refractivity contribution in [2.45, 2.75) is 40.7 Å². The summed E-state index contributed by atoms with van der Waals surface area (Å²) in [6, 6.07) is 0.778. The second-order valence-corrected chi connectivity index (χ2v) is 9.28. The van der Waals surface area contributed by atoms with Gasteiger partial charge in [0.1, 0.15) is 0 Å². The molecule has 0 amide bonds. The van der Waals surface area contributed by atoms with Gasteiger partial charge in [-0.15, -0.1) is 0 Å². The minimum absolute atomic E-state index is 0.778. The van der Waals surface area contributed by atoms with Crippen LogP contribution >= 0.6 is 13.4 Å². The van der Waals surface area contributed by atoms with Gasteiger partial charge < -0.3 is 33.8 Å². The Balaban J connectivity index is -0.000000244. The molecule has 0 aromatic heterocycles. The molecule has 0 unspecified atom stereocenters. The van der Waals surface area contributed by atoms with Crippen LogP contribution in [0.15, 0.2) is 0 Å². The van der Waals surface area contributed by atoms with E-state index in [2.05, 4.69) is 58.2 Å². The summed E-state index contributed by atoms with van der Waals surface area (Å²) in [4.78, 5) is 45.3. The lowest BCUT2D eigenvalue weighted by molar-refractivity contribution is -0.943. The summed E-state index contributed by atoms with van der Waals surface area (Å²) in [5.74, 6) is 0. The molecular formula is C9H28NO6P2S2+. The number of hydrogen-bond donors (Lipinski definition) is 6.